The van der Waals surface area contributed by atoms with Gasteiger partial charge in [0.05, 0.1) is 0 Å². The van der Waals surface area contributed by atoms with Crippen molar-refractivity contribution in [3.05, 3.63) is 30.3 Å². The first kappa shape index (κ1) is 11.8. The van der Waals surface area contributed by atoms with E-state index in [-0.39, 0.29) is 5.04 Å². The van der Waals surface area contributed by atoms with E-state index in [0.717, 1.165) is 0 Å². The maximum absolute atomic E-state index is 6.59. The maximum atomic E-state index is 6.59. The van der Waals surface area contributed by atoms with E-state index in [1.165, 1.54) is 5.19 Å². The Hall–Kier alpha value is -0.273. The summed E-state index contributed by atoms with van der Waals surface area (Å²) in [5.74, 6) is 0.620. The van der Waals surface area contributed by atoms with Crippen LogP contribution in [-0.2, 0) is 0 Å². The molecule has 0 nitrogen and oxygen atoms in total. The molecular formula is C12H18ClSi. The van der Waals surface area contributed by atoms with E-state index >= 15 is 0 Å². The minimum Gasteiger partial charge on any atom is -0.162 e. The van der Waals surface area contributed by atoms with E-state index in [0.29, 0.717) is 5.92 Å². The van der Waals surface area contributed by atoms with E-state index < -0.39 is 8.11 Å². The highest BCUT2D eigenvalue weighted by Crippen LogP contribution is 2.38. The van der Waals surface area contributed by atoms with Crippen molar-refractivity contribution >= 4 is 24.4 Å². The van der Waals surface area contributed by atoms with E-state index in [9.17, 15) is 0 Å². The Morgan fingerprint density at radius 3 is 2.07 bits per heavy atom. The molecule has 0 saturated heterocycles. The number of benzene rings is 1. The summed E-state index contributed by atoms with van der Waals surface area (Å²) in [6.07, 6.45) is 0. The third-order valence-corrected chi connectivity index (χ3v) is 7.70. The molecule has 0 aliphatic rings. The van der Waals surface area contributed by atoms with E-state index in [4.69, 9.17) is 11.1 Å². The normalized spacial score (nSPS) is 12.5. The summed E-state index contributed by atoms with van der Waals surface area (Å²) in [7, 11) is -0.971. The fourth-order valence-corrected chi connectivity index (χ4v) is 3.98. The van der Waals surface area contributed by atoms with E-state index in [1.807, 2.05) is 6.07 Å². The molecule has 2 heteroatoms. The fourth-order valence-electron chi connectivity index (χ4n) is 1.21. The zero-order chi connectivity index (χ0) is 10.8. The molecule has 1 aromatic carbocycles. The molecule has 0 bridgehead atoms. The zero-order valence-corrected chi connectivity index (χ0v) is 11.1. The van der Waals surface area contributed by atoms with Crippen molar-refractivity contribution in [2.45, 2.75) is 32.7 Å². The van der Waals surface area contributed by atoms with Crippen LogP contribution < -0.4 is 5.19 Å². The van der Waals surface area contributed by atoms with Crippen LogP contribution in [0.1, 0.15) is 27.7 Å². The summed E-state index contributed by atoms with van der Waals surface area (Å²) >= 11 is 6.59. The van der Waals surface area contributed by atoms with Crippen LogP contribution in [-0.4, -0.2) is 8.11 Å². The highest BCUT2D eigenvalue weighted by atomic mass is 35.6. The van der Waals surface area contributed by atoms with Gasteiger partial charge in [-0.2, -0.15) is 11.1 Å². The summed E-state index contributed by atoms with van der Waals surface area (Å²) in [6, 6.07) is 10.5. The minimum absolute atomic E-state index is 0.230. The van der Waals surface area contributed by atoms with Crippen LogP contribution in [0.15, 0.2) is 30.3 Å². The summed E-state index contributed by atoms with van der Waals surface area (Å²) < 4.78 is 0. The van der Waals surface area contributed by atoms with Gasteiger partial charge in [-0.05, 0) is 16.1 Å². The van der Waals surface area contributed by atoms with Crippen molar-refractivity contribution < 1.29 is 0 Å². The molecule has 0 atom stereocenters. The van der Waals surface area contributed by atoms with Crippen LogP contribution in [0.25, 0.3) is 0 Å². The van der Waals surface area contributed by atoms with Crippen LogP contribution in [0.3, 0.4) is 0 Å². The highest BCUT2D eigenvalue weighted by Gasteiger charge is 2.34. The lowest BCUT2D eigenvalue weighted by Gasteiger charge is -2.32. The summed E-state index contributed by atoms with van der Waals surface area (Å²) in [5.41, 5.74) is 0. The number of halogens is 1. The molecule has 1 radical (unpaired) electrons. The van der Waals surface area contributed by atoms with Crippen LogP contribution in [0, 0.1) is 5.92 Å². The van der Waals surface area contributed by atoms with Crippen LogP contribution in [0.5, 0.6) is 0 Å². The molecule has 0 aliphatic heterocycles. The second-order valence-electron chi connectivity index (χ2n) is 4.56. The first-order valence-corrected chi connectivity index (χ1v) is 7.55. The molecule has 0 saturated carbocycles. The Balaban J connectivity index is 2.90. The first-order chi connectivity index (χ1) is 6.46. The van der Waals surface area contributed by atoms with Crippen molar-refractivity contribution in [1.29, 1.82) is 0 Å². The number of hydrogen-bond acceptors (Lipinski definition) is 0. The minimum atomic E-state index is -0.971. The second kappa shape index (κ2) is 4.50. The molecule has 0 fully saturated rings. The summed E-state index contributed by atoms with van der Waals surface area (Å²) in [4.78, 5) is 0. The van der Waals surface area contributed by atoms with Gasteiger partial charge in [0, 0.05) is 0 Å². The van der Waals surface area contributed by atoms with Gasteiger partial charge in [-0.25, -0.2) is 0 Å². The lowest BCUT2D eigenvalue weighted by atomic mass is 9.99. The van der Waals surface area contributed by atoms with Gasteiger partial charge < -0.3 is 0 Å². The Labute approximate surface area is 93.6 Å². The predicted molar refractivity (Wildman–Crippen MR) is 66.6 cm³/mol. The largest absolute Gasteiger partial charge is 0.205 e. The summed E-state index contributed by atoms with van der Waals surface area (Å²) in [6.45, 7) is 9.03. The summed E-state index contributed by atoms with van der Waals surface area (Å²) in [5, 5.41) is 1.55. The third-order valence-electron chi connectivity index (χ3n) is 3.04. The van der Waals surface area contributed by atoms with Crippen molar-refractivity contribution in [2.24, 2.45) is 5.92 Å². The molecule has 0 aliphatic carbocycles. The molecule has 0 aromatic heterocycles. The lowest BCUT2D eigenvalue weighted by Crippen LogP contribution is -2.38. The smallest absolute Gasteiger partial charge is 0.162 e. The molecule has 14 heavy (non-hydrogen) atoms. The molecule has 0 N–H and O–H groups in total. The third kappa shape index (κ3) is 2.40. The first-order valence-electron chi connectivity index (χ1n) is 5.04. The van der Waals surface area contributed by atoms with Gasteiger partial charge in [-0.1, -0.05) is 58.0 Å². The number of hydrogen-bond donors (Lipinski definition) is 0. The quantitative estimate of drug-likeness (QED) is 0.545. The van der Waals surface area contributed by atoms with Crippen LogP contribution >= 0.6 is 11.1 Å². The van der Waals surface area contributed by atoms with Crippen molar-refractivity contribution in [2.75, 3.05) is 0 Å². The standard InChI is InChI=1S/C12H18ClSi/c1-10(2)12(3,4)14(13)11-8-6-5-7-9-11/h5-10H,1-4H3. The Morgan fingerprint density at radius 2 is 1.64 bits per heavy atom. The maximum Gasteiger partial charge on any atom is 0.205 e. The Bertz CT molecular complexity index is 280. The fraction of sp³-hybridized carbons (Fsp3) is 0.500. The Kier molecular flexibility index (Phi) is 3.79. The molecule has 1 rings (SSSR count). The molecule has 1 aromatic rings. The van der Waals surface area contributed by atoms with E-state index in [2.05, 4.69) is 52.0 Å². The number of rotatable bonds is 3. The van der Waals surface area contributed by atoms with Gasteiger partial charge >= 0.3 is 0 Å². The highest BCUT2D eigenvalue weighted by molar-refractivity contribution is 7.15. The lowest BCUT2D eigenvalue weighted by molar-refractivity contribution is 0.474. The van der Waals surface area contributed by atoms with Crippen LogP contribution in [0.4, 0.5) is 0 Å². The van der Waals surface area contributed by atoms with Gasteiger partial charge in [-0.3, -0.25) is 0 Å². The predicted octanol–water partition coefficient (Wildman–Crippen LogP) is 3.56. The van der Waals surface area contributed by atoms with Gasteiger partial charge in [0.15, 0.2) is 0 Å². The van der Waals surface area contributed by atoms with Gasteiger partial charge in [0.1, 0.15) is 0 Å². The van der Waals surface area contributed by atoms with Gasteiger partial charge in [0.2, 0.25) is 8.11 Å². The van der Waals surface area contributed by atoms with Crippen molar-refractivity contribution in [3.8, 4) is 0 Å². The molecule has 0 amide bonds. The average molecular weight is 226 g/mol. The van der Waals surface area contributed by atoms with E-state index in [1.54, 1.807) is 0 Å². The van der Waals surface area contributed by atoms with Crippen molar-refractivity contribution in [3.63, 3.8) is 0 Å². The molecule has 0 unspecified atom stereocenters. The topological polar surface area (TPSA) is 0 Å². The molecule has 0 spiro atoms. The molecule has 77 valence electrons. The van der Waals surface area contributed by atoms with Gasteiger partial charge in [-0.15, -0.1) is 0 Å². The van der Waals surface area contributed by atoms with Gasteiger partial charge in [0.25, 0.3) is 0 Å². The monoisotopic (exact) mass is 225 g/mol. The molecular weight excluding hydrogens is 208 g/mol. The Morgan fingerprint density at radius 1 is 1.14 bits per heavy atom. The van der Waals surface area contributed by atoms with Crippen molar-refractivity contribution in [1.82, 2.24) is 0 Å². The van der Waals surface area contributed by atoms with Crippen LogP contribution in [0.2, 0.25) is 5.04 Å². The average Bonchev–Trinajstić information content (AvgIpc) is 2.17. The SMILES string of the molecule is CC(C)C(C)(C)[Si](Cl)c1ccccc1. The molecule has 0 heterocycles. The second-order valence-corrected chi connectivity index (χ2v) is 8.18. The zero-order valence-electron chi connectivity index (χ0n) is 9.34.